The molecule has 14 heavy (non-hydrogen) atoms. The maximum absolute atomic E-state index is 5.87. The minimum atomic E-state index is 0.543. The molecular weight excluding hydrogens is 194 g/mol. The Labute approximate surface area is 88.7 Å². The van der Waals surface area contributed by atoms with Gasteiger partial charge in [0.15, 0.2) is 0 Å². The van der Waals surface area contributed by atoms with Gasteiger partial charge < -0.3 is 0 Å². The first-order chi connectivity index (χ1) is 6.72. The highest BCUT2D eigenvalue weighted by molar-refractivity contribution is 6.18. The van der Waals surface area contributed by atoms with E-state index in [2.05, 4.69) is 30.1 Å². The van der Waals surface area contributed by atoms with Crippen molar-refractivity contribution in [2.24, 2.45) is 0 Å². The molecule has 0 radical (unpaired) electrons. The van der Waals surface area contributed by atoms with Crippen LogP contribution < -0.4 is 0 Å². The minimum Gasteiger partial charge on any atom is -0.253 e. The van der Waals surface area contributed by atoms with E-state index < -0.39 is 0 Å². The summed E-state index contributed by atoms with van der Waals surface area (Å²) in [5, 5.41) is 1.17. The lowest BCUT2D eigenvalue weighted by Gasteiger charge is -2.06. The van der Waals surface area contributed by atoms with Gasteiger partial charge in [-0.25, -0.2) is 0 Å². The second-order valence-electron chi connectivity index (χ2n) is 3.52. The predicted molar refractivity (Wildman–Crippen MR) is 60.8 cm³/mol. The fraction of sp³-hybridized carbons (Fsp3) is 0.250. The van der Waals surface area contributed by atoms with Crippen molar-refractivity contribution in [2.45, 2.75) is 19.7 Å². The molecule has 0 spiro atoms. The average Bonchev–Trinajstić information content (AvgIpc) is 2.19. The molecule has 1 aromatic carbocycles. The Kier molecular flexibility index (Phi) is 2.42. The second kappa shape index (κ2) is 3.58. The number of aryl methyl sites for hydroxylation is 2. The molecule has 72 valence electrons. The first-order valence-electron chi connectivity index (χ1n) is 4.64. The molecular formula is C12H12ClN. The van der Waals surface area contributed by atoms with Gasteiger partial charge in [-0.1, -0.05) is 18.2 Å². The molecule has 0 aliphatic heterocycles. The Balaban J connectivity index is 2.84. The molecule has 0 amide bonds. The zero-order valence-electron chi connectivity index (χ0n) is 8.34. The molecule has 0 atom stereocenters. The number of halogens is 1. The summed E-state index contributed by atoms with van der Waals surface area (Å²) in [6.07, 6.45) is 0. The van der Waals surface area contributed by atoms with Crippen LogP contribution in [0, 0.1) is 13.8 Å². The van der Waals surface area contributed by atoms with Crippen molar-refractivity contribution >= 4 is 22.5 Å². The highest BCUT2D eigenvalue weighted by atomic mass is 35.5. The van der Waals surface area contributed by atoms with E-state index in [0.717, 1.165) is 16.8 Å². The van der Waals surface area contributed by atoms with Gasteiger partial charge in [-0.15, -0.1) is 11.6 Å². The fourth-order valence-electron chi connectivity index (χ4n) is 1.63. The Hall–Kier alpha value is -1.08. The summed E-state index contributed by atoms with van der Waals surface area (Å²) in [4.78, 5) is 4.53. The number of hydrogen-bond donors (Lipinski definition) is 0. The fourth-order valence-corrected chi connectivity index (χ4v) is 1.86. The smallest absolute Gasteiger partial charge is 0.0737 e. The number of aromatic nitrogens is 1. The lowest BCUT2D eigenvalue weighted by Crippen LogP contribution is -1.90. The highest BCUT2D eigenvalue weighted by Crippen LogP contribution is 2.22. The number of rotatable bonds is 1. The lowest BCUT2D eigenvalue weighted by molar-refractivity contribution is 1.23. The number of hydrogen-bond acceptors (Lipinski definition) is 1. The third-order valence-electron chi connectivity index (χ3n) is 2.43. The van der Waals surface area contributed by atoms with Crippen molar-refractivity contribution in [1.29, 1.82) is 0 Å². The molecule has 0 saturated heterocycles. The number of pyridine rings is 1. The van der Waals surface area contributed by atoms with Gasteiger partial charge in [-0.3, -0.25) is 4.98 Å². The molecule has 0 saturated carbocycles. The second-order valence-corrected chi connectivity index (χ2v) is 3.79. The summed E-state index contributed by atoms with van der Waals surface area (Å²) in [7, 11) is 0. The van der Waals surface area contributed by atoms with Crippen molar-refractivity contribution in [3.63, 3.8) is 0 Å². The number of benzene rings is 1. The maximum atomic E-state index is 5.87. The van der Waals surface area contributed by atoms with E-state index >= 15 is 0 Å². The van der Waals surface area contributed by atoms with Crippen LogP contribution in [0.25, 0.3) is 10.9 Å². The van der Waals surface area contributed by atoms with Gasteiger partial charge in [0.2, 0.25) is 0 Å². The molecule has 0 N–H and O–H groups in total. The van der Waals surface area contributed by atoms with Crippen LogP contribution in [-0.4, -0.2) is 4.98 Å². The monoisotopic (exact) mass is 205 g/mol. The van der Waals surface area contributed by atoms with Crippen LogP contribution in [0.2, 0.25) is 0 Å². The third-order valence-corrected chi connectivity index (χ3v) is 2.72. The van der Waals surface area contributed by atoms with Crippen LogP contribution >= 0.6 is 11.6 Å². The molecule has 1 aromatic heterocycles. The summed E-state index contributed by atoms with van der Waals surface area (Å²) < 4.78 is 0. The molecule has 2 heteroatoms. The van der Waals surface area contributed by atoms with Gasteiger partial charge in [0, 0.05) is 17.0 Å². The van der Waals surface area contributed by atoms with Gasteiger partial charge >= 0.3 is 0 Å². The summed E-state index contributed by atoms with van der Waals surface area (Å²) in [5.41, 5.74) is 4.48. The average molecular weight is 206 g/mol. The topological polar surface area (TPSA) is 12.9 Å². The van der Waals surface area contributed by atoms with Crippen LogP contribution in [0.3, 0.4) is 0 Å². The van der Waals surface area contributed by atoms with Crippen molar-refractivity contribution in [3.8, 4) is 0 Å². The summed E-state index contributed by atoms with van der Waals surface area (Å²) in [5.74, 6) is 0.543. The molecule has 0 aliphatic carbocycles. The van der Waals surface area contributed by atoms with Crippen molar-refractivity contribution < 1.29 is 0 Å². The third kappa shape index (κ3) is 1.48. The molecule has 2 aromatic rings. The molecule has 0 unspecified atom stereocenters. The zero-order valence-corrected chi connectivity index (χ0v) is 9.10. The zero-order chi connectivity index (χ0) is 10.1. The van der Waals surface area contributed by atoms with Gasteiger partial charge in [0.05, 0.1) is 5.52 Å². The van der Waals surface area contributed by atoms with E-state index in [0.29, 0.717) is 5.88 Å². The minimum absolute atomic E-state index is 0.543. The van der Waals surface area contributed by atoms with Crippen LogP contribution in [0.1, 0.15) is 16.8 Å². The van der Waals surface area contributed by atoms with E-state index in [-0.39, 0.29) is 0 Å². The van der Waals surface area contributed by atoms with Crippen LogP contribution in [-0.2, 0) is 5.88 Å². The van der Waals surface area contributed by atoms with E-state index in [4.69, 9.17) is 11.6 Å². The molecule has 0 fully saturated rings. The molecule has 1 nitrogen and oxygen atoms in total. The molecule has 0 aliphatic rings. The van der Waals surface area contributed by atoms with Gasteiger partial charge in [0.25, 0.3) is 0 Å². The van der Waals surface area contributed by atoms with E-state index in [9.17, 15) is 0 Å². The van der Waals surface area contributed by atoms with Crippen LogP contribution in [0.4, 0.5) is 0 Å². The Bertz CT molecular complexity index is 477. The van der Waals surface area contributed by atoms with E-state index in [1.54, 1.807) is 0 Å². The molecule has 1 heterocycles. The normalized spacial score (nSPS) is 10.8. The largest absolute Gasteiger partial charge is 0.253 e. The predicted octanol–water partition coefficient (Wildman–Crippen LogP) is 3.59. The first-order valence-corrected chi connectivity index (χ1v) is 5.17. The van der Waals surface area contributed by atoms with E-state index in [1.807, 2.05) is 13.0 Å². The van der Waals surface area contributed by atoms with Gasteiger partial charge in [0.1, 0.15) is 0 Å². The van der Waals surface area contributed by atoms with E-state index in [1.165, 1.54) is 10.9 Å². The highest BCUT2D eigenvalue weighted by Gasteiger charge is 2.03. The quantitative estimate of drug-likeness (QED) is 0.649. The summed E-state index contributed by atoms with van der Waals surface area (Å²) >= 11 is 5.87. The van der Waals surface area contributed by atoms with Crippen molar-refractivity contribution in [1.82, 2.24) is 4.98 Å². The van der Waals surface area contributed by atoms with Crippen LogP contribution in [0.5, 0.6) is 0 Å². The maximum Gasteiger partial charge on any atom is 0.0737 e. The van der Waals surface area contributed by atoms with Crippen LogP contribution in [0.15, 0.2) is 24.3 Å². The number of nitrogens with zero attached hydrogens (tertiary/aromatic N) is 1. The first kappa shape index (κ1) is 9.47. The van der Waals surface area contributed by atoms with Gasteiger partial charge in [-0.2, -0.15) is 0 Å². The molecule has 0 bridgehead atoms. The lowest BCUT2D eigenvalue weighted by atomic mass is 10.1. The number of alkyl halides is 1. The summed E-state index contributed by atoms with van der Waals surface area (Å²) in [6.45, 7) is 4.08. The molecule has 2 rings (SSSR count). The summed E-state index contributed by atoms with van der Waals surface area (Å²) in [6, 6.07) is 8.27. The van der Waals surface area contributed by atoms with Gasteiger partial charge in [-0.05, 0) is 31.0 Å². The number of fused-ring (bicyclic) bond motifs is 1. The SMILES string of the molecule is Cc1ccc2c(CCl)ccc(C)c2n1. The van der Waals surface area contributed by atoms with Crippen molar-refractivity contribution in [3.05, 3.63) is 41.1 Å². The van der Waals surface area contributed by atoms with Crippen molar-refractivity contribution in [2.75, 3.05) is 0 Å². The Morgan fingerprint density at radius 2 is 1.93 bits per heavy atom. The standard InChI is InChI=1S/C12H12ClN/c1-8-3-5-10(7-13)11-6-4-9(2)14-12(8)11/h3-6H,7H2,1-2H3. The Morgan fingerprint density at radius 1 is 1.14 bits per heavy atom. The Morgan fingerprint density at radius 3 is 2.64 bits per heavy atom.